The number of aryl methyl sites for hydroxylation is 2. The molecule has 0 aliphatic rings. The molecule has 2 rings (SSSR count). The number of hydrogen-bond donors (Lipinski definition) is 1. The number of carbonyl (C=O) groups is 1. The first-order valence-electron chi connectivity index (χ1n) is 5.91. The second-order valence-electron chi connectivity index (χ2n) is 4.49. The first kappa shape index (κ1) is 14.7. The zero-order chi connectivity index (χ0) is 14.9. The number of halogens is 3. The largest absolute Gasteiger partial charge is 0.322 e. The summed E-state index contributed by atoms with van der Waals surface area (Å²) in [6.07, 6.45) is 0. The van der Waals surface area contributed by atoms with Gasteiger partial charge in [-0.15, -0.1) is 0 Å². The van der Waals surface area contributed by atoms with Crippen molar-refractivity contribution in [2.75, 3.05) is 5.32 Å². The van der Waals surface area contributed by atoms with Crippen LogP contribution in [-0.4, -0.2) is 5.91 Å². The van der Waals surface area contributed by atoms with Gasteiger partial charge in [-0.3, -0.25) is 4.79 Å². The number of hydrogen-bond acceptors (Lipinski definition) is 1. The van der Waals surface area contributed by atoms with Gasteiger partial charge in [0.1, 0.15) is 11.6 Å². The van der Waals surface area contributed by atoms with Crippen LogP contribution in [-0.2, 0) is 0 Å². The fourth-order valence-electron chi connectivity index (χ4n) is 1.79. The number of nitrogens with one attached hydrogen (secondary N) is 1. The van der Waals surface area contributed by atoms with Crippen molar-refractivity contribution >= 4 is 27.5 Å². The molecule has 20 heavy (non-hydrogen) atoms. The maximum atomic E-state index is 13.6. The predicted octanol–water partition coefficient (Wildman–Crippen LogP) is 4.60. The van der Waals surface area contributed by atoms with Gasteiger partial charge in [-0.25, -0.2) is 8.78 Å². The average Bonchev–Trinajstić information content (AvgIpc) is 2.37. The molecule has 0 heterocycles. The Balaban J connectivity index is 2.31. The van der Waals surface area contributed by atoms with Crippen molar-refractivity contribution in [1.82, 2.24) is 0 Å². The fraction of sp³-hybridized carbons (Fsp3) is 0.133. The molecule has 1 amide bonds. The summed E-state index contributed by atoms with van der Waals surface area (Å²) in [6.45, 7) is 3.31. The molecule has 2 aromatic rings. The van der Waals surface area contributed by atoms with E-state index < -0.39 is 17.5 Å². The Kier molecular flexibility index (Phi) is 4.18. The third kappa shape index (κ3) is 3.04. The molecule has 0 aromatic heterocycles. The molecule has 0 unspecified atom stereocenters. The SMILES string of the molecule is Cc1cc(C(=O)Nc2ccc(Br)cc2C)c(F)cc1F. The molecular formula is C15H12BrF2NO. The lowest BCUT2D eigenvalue weighted by Crippen LogP contribution is -2.15. The zero-order valence-corrected chi connectivity index (χ0v) is 12.5. The molecule has 2 nitrogen and oxygen atoms in total. The first-order valence-corrected chi connectivity index (χ1v) is 6.71. The minimum Gasteiger partial charge on any atom is -0.322 e. The highest BCUT2D eigenvalue weighted by molar-refractivity contribution is 9.10. The van der Waals surface area contributed by atoms with Crippen molar-refractivity contribution in [2.24, 2.45) is 0 Å². The van der Waals surface area contributed by atoms with Crippen molar-refractivity contribution < 1.29 is 13.6 Å². The predicted molar refractivity (Wildman–Crippen MR) is 77.9 cm³/mol. The molecule has 0 fully saturated rings. The Hall–Kier alpha value is -1.75. The highest BCUT2D eigenvalue weighted by Gasteiger charge is 2.15. The lowest BCUT2D eigenvalue weighted by molar-refractivity contribution is 0.102. The van der Waals surface area contributed by atoms with Gasteiger partial charge in [0, 0.05) is 16.2 Å². The zero-order valence-electron chi connectivity index (χ0n) is 10.9. The standard InChI is InChI=1S/C15H12BrF2NO/c1-8-6-11(13(18)7-12(8)17)15(20)19-14-4-3-10(16)5-9(14)2/h3-7H,1-2H3,(H,19,20). The Labute approximate surface area is 123 Å². The molecule has 0 spiro atoms. The maximum absolute atomic E-state index is 13.6. The summed E-state index contributed by atoms with van der Waals surface area (Å²) in [5, 5.41) is 2.62. The van der Waals surface area contributed by atoms with Gasteiger partial charge in [-0.05, 0) is 49.2 Å². The van der Waals surface area contributed by atoms with Gasteiger partial charge in [0.25, 0.3) is 5.91 Å². The minimum absolute atomic E-state index is 0.175. The second kappa shape index (κ2) is 5.71. The van der Waals surface area contributed by atoms with E-state index >= 15 is 0 Å². The smallest absolute Gasteiger partial charge is 0.258 e. The van der Waals surface area contributed by atoms with Crippen LogP contribution in [0.3, 0.4) is 0 Å². The van der Waals surface area contributed by atoms with E-state index in [-0.39, 0.29) is 11.1 Å². The van der Waals surface area contributed by atoms with Crippen LogP contribution >= 0.6 is 15.9 Å². The van der Waals surface area contributed by atoms with E-state index in [9.17, 15) is 13.6 Å². The minimum atomic E-state index is -0.875. The third-order valence-electron chi connectivity index (χ3n) is 2.93. The van der Waals surface area contributed by atoms with Gasteiger partial charge in [0.15, 0.2) is 0 Å². The van der Waals surface area contributed by atoms with Crippen LogP contribution in [0.1, 0.15) is 21.5 Å². The highest BCUT2D eigenvalue weighted by atomic mass is 79.9. The van der Waals surface area contributed by atoms with E-state index in [4.69, 9.17) is 0 Å². The van der Waals surface area contributed by atoms with Crippen molar-refractivity contribution in [2.45, 2.75) is 13.8 Å². The molecule has 0 aliphatic heterocycles. The summed E-state index contributed by atoms with van der Waals surface area (Å²) < 4.78 is 27.7. The molecule has 0 radical (unpaired) electrons. The fourth-order valence-corrected chi connectivity index (χ4v) is 2.26. The lowest BCUT2D eigenvalue weighted by Gasteiger charge is -2.10. The summed E-state index contributed by atoms with van der Waals surface area (Å²) in [6, 6.07) is 7.25. The van der Waals surface area contributed by atoms with Crippen molar-refractivity contribution in [3.05, 3.63) is 63.1 Å². The van der Waals surface area contributed by atoms with Gasteiger partial charge in [-0.2, -0.15) is 0 Å². The molecular weight excluding hydrogens is 328 g/mol. The monoisotopic (exact) mass is 339 g/mol. The van der Waals surface area contributed by atoms with Crippen LogP contribution in [0.25, 0.3) is 0 Å². The Morgan fingerprint density at radius 1 is 1.05 bits per heavy atom. The summed E-state index contributed by atoms with van der Waals surface area (Å²) >= 11 is 3.32. The number of carbonyl (C=O) groups excluding carboxylic acids is 1. The van der Waals surface area contributed by atoms with E-state index in [1.165, 1.54) is 13.0 Å². The number of amides is 1. The van der Waals surface area contributed by atoms with Gasteiger partial charge in [-0.1, -0.05) is 15.9 Å². The Morgan fingerprint density at radius 2 is 1.75 bits per heavy atom. The Morgan fingerprint density at radius 3 is 2.40 bits per heavy atom. The summed E-state index contributed by atoms with van der Waals surface area (Å²) in [5.74, 6) is -2.14. The number of rotatable bonds is 2. The van der Waals surface area contributed by atoms with Crippen LogP contribution in [0, 0.1) is 25.5 Å². The van der Waals surface area contributed by atoms with Crippen molar-refractivity contribution in [3.8, 4) is 0 Å². The summed E-state index contributed by atoms with van der Waals surface area (Å²) in [7, 11) is 0. The first-order chi connectivity index (χ1) is 9.38. The molecule has 1 N–H and O–H groups in total. The summed E-state index contributed by atoms with van der Waals surface area (Å²) in [5.41, 5.74) is 1.47. The molecule has 5 heteroatoms. The summed E-state index contributed by atoms with van der Waals surface area (Å²) in [4.78, 5) is 12.1. The molecule has 104 valence electrons. The maximum Gasteiger partial charge on any atom is 0.258 e. The molecule has 0 aliphatic carbocycles. The molecule has 0 saturated heterocycles. The van der Waals surface area contributed by atoms with Crippen molar-refractivity contribution in [1.29, 1.82) is 0 Å². The van der Waals surface area contributed by atoms with E-state index in [2.05, 4.69) is 21.2 Å². The number of benzene rings is 2. The van der Waals surface area contributed by atoms with E-state index in [0.29, 0.717) is 5.69 Å². The molecule has 0 bridgehead atoms. The third-order valence-corrected chi connectivity index (χ3v) is 3.42. The number of anilines is 1. The van der Waals surface area contributed by atoms with E-state index in [1.807, 2.05) is 13.0 Å². The van der Waals surface area contributed by atoms with Gasteiger partial charge in [0.2, 0.25) is 0 Å². The molecule has 2 aromatic carbocycles. The highest BCUT2D eigenvalue weighted by Crippen LogP contribution is 2.22. The molecule has 0 atom stereocenters. The average molecular weight is 340 g/mol. The second-order valence-corrected chi connectivity index (χ2v) is 5.41. The normalized spacial score (nSPS) is 10.4. The van der Waals surface area contributed by atoms with E-state index in [0.717, 1.165) is 16.1 Å². The quantitative estimate of drug-likeness (QED) is 0.851. The van der Waals surface area contributed by atoms with Gasteiger partial charge < -0.3 is 5.32 Å². The van der Waals surface area contributed by atoms with E-state index in [1.54, 1.807) is 12.1 Å². The topological polar surface area (TPSA) is 29.1 Å². The van der Waals surface area contributed by atoms with Crippen LogP contribution in [0.15, 0.2) is 34.8 Å². The molecule has 0 saturated carbocycles. The lowest BCUT2D eigenvalue weighted by atomic mass is 10.1. The van der Waals surface area contributed by atoms with Crippen LogP contribution in [0.2, 0.25) is 0 Å². The Bertz CT molecular complexity index is 686. The van der Waals surface area contributed by atoms with Crippen LogP contribution in [0.5, 0.6) is 0 Å². The van der Waals surface area contributed by atoms with Crippen molar-refractivity contribution in [3.63, 3.8) is 0 Å². The van der Waals surface area contributed by atoms with Crippen LogP contribution in [0.4, 0.5) is 14.5 Å². The van der Waals surface area contributed by atoms with Gasteiger partial charge >= 0.3 is 0 Å². The van der Waals surface area contributed by atoms with Gasteiger partial charge in [0.05, 0.1) is 5.56 Å². The van der Waals surface area contributed by atoms with Crippen LogP contribution < -0.4 is 5.32 Å².